The number of methoxy groups -OCH3 is 1. The van der Waals surface area contributed by atoms with Gasteiger partial charge in [-0.15, -0.1) is 10.2 Å². The second-order valence-corrected chi connectivity index (χ2v) is 5.93. The van der Waals surface area contributed by atoms with Crippen molar-refractivity contribution >= 4 is 11.8 Å². The second-order valence-electron chi connectivity index (χ2n) is 5.93. The Labute approximate surface area is 128 Å². The number of anilines is 1. The van der Waals surface area contributed by atoms with Gasteiger partial charge in [-0.2, -0.15) is 0 Å². The Morgan fingerprint density at radius 1 is 1.27 bits per heavy atom. The molecular weight excluding hydrogens is 278 g/mol. The maximum Gasteiger partial charge on any atom is 0.358 e. The normalized spacial score (nSPS) is 24.3. The molecule has 5 nitrogen and oxygen atoms in total. The summed E-state index contributed by atoms with van der Waals surface area (Å²) in [6, 6.07) is 12.1. The van der Waals surface area contributed by atoms with Crippen molar-refractivity contribution in [3.05, 3.63) is 53.2 Å². The topological polar surface area (TPSA) is 64.1 Å². The fourth-order valence-electron chi connectivity index (χ4n) is 3.62. The van der Waals surface area contributed by atoms with E-state index in [-0.39, 0.29) is 5.69 Å². The summed E-state index contributed by atoms with van der Waals surface area (Å²) in [5, 5.41) is 11.2. The van der Waals surface area contributed by atoms with Crippen LogP contribution in [-0.4, -0.2) is 29.8 Å². The maximum atomic E-state index is 11.3. The highest BCUT2D eigenvalue weighted by Crippen LogP contribution is 2.61. The number of ether oxygens (including phenoxy) is 1. The Kier molecular flexibility index (Phi) is 3.06. The molecule has 2 aromatic rings. The van der Waals surface area contributed by atoms with E-state index in [1.807, 2.05) is 0 Å². The molecule has 1 aromatic carbocycles. The van der Waals surface area contributed by atoms with Gasteiger partial charge >= 0.3 is 5.97 Å². The molecule has 0 unspecified atom stereocenters. The van der Waals surface area contributed by atoms with Crippen LogP contribution in [0.5, 0.6) is 0 Å². The molecule has 1 saturated carbocycles. The van der Waals surface area contributed by atoms with Crippen LogP contribution >= 0.6 is 0 Å². The van der Waals surface area contributed by atoms with Crippen LogP contribution < -0.4 is 5.32 Å². The molecule has 1 fully saturated rings. The molecule has 0 bridgehead atoms. The number of hydrogen-bond donors (Lipinski definition) is 1. The monoisotopic (exact) mass is 295 g/mol. The van der Waals surface area contributed by atoms with Gasteiger partial charge in [-0.05, 0) is 47.4 Å². The van der Waals surface area contributed by atoms with Crippen LogP contribution in [0.25, 0.3) is 0 Å². The SMILES string of the molecule is COC(=O)c1ccc(NC[C@@H]2[C@@H]3Cc4ccccc4[C@@H]23)nn1. The fraction of sp³-hybridized carbons (Fsp3) is 0.353. The van der Waals surface area contributed by atoms with Gasteiger partial charge in [0.15, 0.2) is 5.69 Å². The van der Waals surface area contributed by atoms with Gasteiger partial charge in [-0.25, -0.2) is 4.79 Å². The Balaban J connectivity index is 1.36. The molecule has 1 aromatic heterocycles. The lowest BCUT2D eigenvalue weighted by Gasteiger charge is -2.09. The van der Waals surface area contributed by atoms with Gasteiger partial charge in [-0.1, -0.05) is 24.3 Å². The summed E-state index contributed by atoms with van der Waals surface area (Å²) in [7, 11) is 1.33. The first-order valence-electron chi connectivity index (χ1n) is 7.51. The van der Waals surface area contributed by atoms with Crippen LogP contribution in [0, 0.1) is 11.8 Å². The summed E-state index contributed by atoms with van der Waals surface area (Å²) < 4.78 is 4.61. The first-order valence-corrected chi connectivity index (χ1v) is 7.51. The van der Waals surface area contributed by atoms with Gasteiger partial charge < -0.3 is 10.1 Å². The van der Waals surface area contributed by atoms with Crippen molar-refractivity contribution in [2.45, 2.75) is 12.3 Å². The average molecular weight is 295 g/mol. The number of rotatable bonds is 4. The molecule has 1 N–H and O–H groups in total. The zero-order chi connectivity index (χ0) is 15.1. The summed E-state index contributed by atoms with van der Waals surface area (Å²) in [4.78, 5) is 11.3. The van der Waals surface area contributed by atoms with Crippen molar-refractivity contribution in [2.75, 3.05) is 19.0 Å². The molecule has 1 heterocycles. The quantitative estimate of drug-likeness (QED) is 0.877. The van der Waals surface area contributed by atoms with Crippen LogP contribution in [0.3, 0.4) is 0 Å². The first-order chi connectivity index (χ1) is 10.8. The summed E-state index contributed by atoms with van der Waals surface area (Å²) in [6.07, 6.45) is 1.19. The zero-order valence-corrected chi connectivity index (χ0v) is 12.3. The Hall–Kier alpha value is -2.43. The number of benzene rings is 1. The summed E-state index contributed by atoms with van der Waals surface area (Å²) in [5.74, 6) is 2.38. The number of aromatic nitrogens is 2. The van der Waals surface area contributed by atoms with Crippen molar-refractivity contribution < 1.29 is 9.53 Å². The molecular formula is C17H17N3O2. The van der Waals surface area contributed by atoms with Crippen LogP contribution in [0.15, 0.2) is 36.4 Å². The van der Waals surface area contributed by atoms with Crippen molar-refractivity contribution in [2.24, 2.45) is 11.8 Å². The Morgan fingerprint density at radius 3 is 2.91 bits per heavy atom. The molecule has 0 spiro atoms. The molecule has 0 saturated heterocycles. The molecule has 4 rings (SSSR count). The van der Waals surface area contributed by atoms with Crippen molar-refractivity contribution in [3.8, 4) is 0 Å². The van der Waals surface area contributed by atoms with Gasteiger partial charge in [0, 0.05) is 6.54 Å². The van der Waals surface area contributed by atoms with Crippen LogP contribution in [0.2, 0.25) is 0 Å². The van der Waals surface area contributed by atoms with E-state index in [1.54, 1.807) is 12.1 Å². The summed E-state index contributed by atoms with van der Waals surface area (Å²) >= 11 is 0. The third-order valence-electron chi connectivity index (χ3n) is 4.78. The van der Waals surface area contributed by atoms with Crippen molar-refractivity contribution in [1.82, 2.24) is 10.2 Å². The van der Waals surface area contributed by atoms with E-state index >= 15 is 0 Å². The van der Waals surface area contributed by atoms with Crippen LogP contribution in [-0.2, 0) is 11.2 Å². The van der Waals surface area contributed by atoms with E-state index in [0.29, 0.717) is 17.7 Å². The van der Waals surface area contributed by atoms with E-state index < -0.39 is 5.97 Å². The highest BCUT2D eigenvalue weighted by atomic mass is 16.5. The van der Waals surface area contributed by atoms with Gasteiger partial charge in [0.2, 0.25) is 0 Å². The molecule has 22 heavy (non-hydrogen) atoms. The molecule has 2 aliphatic carbocycles. The number of carbonyl (C=O) groups is 1. The zero-order valence-electron chi connectivity index (χ0n) is 12.3. The lowest BCUT2D eigenvalue weighted by atomic mass is 10.0. The Bertz CT molecular complexity index is 714. The summed E-state index contributed by atoms with van der Waals surface area (Å²) in [5.41, 5.74) is 3.26. The van der Waals surface area contributed by atoms with Crippen LogP contribution in [0.1, 0.15) is 27.5 Å². The first kappa shape index (κ1) is 13.2. The Morgan fingerprint density at radius 2 is 2.14 bits per heavy atom. The second kappa shape index (κ2) is 5.09. The molecule has 2 aliphatic rings. The fourth-order valence-corrected chi connectivity index (χ4v) is 3.62. The largest absolute Gasteiger partial charge is 0.464 e. The minimum Gasteiger partial charge on any atom is -0.464 e. The van der Waals surface area contributed by atoms with Gasteiger partial charge in [0.05, 0.1) is 7.11 Å². The lowest BCUT2D eigenvalue weighted by molar-refractivity contribution is 0.0593. The summed E-state index contributed by atoms with van der Waals surface area (Å²) in [6.45, 7) is 0.899. The van der Waals surface area contributed by atoms with E-state index in [1.165, 1.54) is 24.7 Å². The number of fused-ring (bicyclic) bond motifs is 3. The maximum absolute atomic E-state index is 11.3. The molecule has 0 amide bonds. The van der Waals surface area contributed by atoms with E-state index in [0.717, 1.165) is 12.5 Å². The predicted octanol–water partition coefficient (Wildman–Crippen LogP) is 2.26. The number of carbonyl (C=O) groups excluding carboxylic acids is 1. The lowest BCUT2D eigenvalue weighted by Crippen LogP contribution is -2.11. The van der Waals surface area contributed by atoms with Gasteiger partial charge in [0.1, 0.15) is 5.82 Å². The highest BCUT2D eigenvalue weighted by Gasteiger charge is 2.54. The highest BCUT2D eigenvalue weighted by molar-refractivity contribution is 5.86. The predicted molar refractivity (Wildman–Crippen MR) is 81.7 cm³/mol. The average Bonchev–Trinajstić information content (AvgIpc) is 3.11. The molecule has 0 aliphatic heterocycles. The molecule has 5 heteroatoms. The standard InChI is InChI=1S/C17H17N3O2/c1-22-17(21)14-6-7-15(20-19-14)18-9-13-12-8-10-4-2-3-5-11(10)16(12)13/h2-7,12-13,16H,8-9H2,1H3,(H,18,20)/t12-,13+,16+/m0/s1. The van der Waals surface area contributed by atoms with Gasteiger partial charge in [0.25, 0.3) is 0 Å². The molecule has 112 valence electrons. The minimum atomic E-state index is -0.465. The van der Waals surface area contributed by atoms with E-state index in [4.69, 9.17) is 0 Å². The smallest absolute Gasteiger partial charge is 0.358 e. The number of nitrogens with zero attached hydrogens (tertiary/aromatic N) is 2. The van der Waals surface area contributed by atoms with Gasteiger partial charge in [-0.3, -0.25) is 0 Å². The van der Waals surface area contributed by atoms with E-state index in [9.17, 15) is 4.79 Å². The van der Waals surface area contributed by atoms with E-state index in [2.05, 4.69) is 44.5 Å². The molecule has 3 atom stereocenters. The number of esters is 1. The molecule has 0 radical (unpaired) electrons. The minimum absolute atomic E-state index is 0.227. The van der Waals surface area contributed by atoms with Crippen LogP contribution in [0.4, 0.5) is 5.82 Å². The van der Waals surface area contributed by atoms with Crippen molar-refractivity contribution in [1.29, 1.82) is 0 Å². The third kappa shape index (κ3) is 2.13. The number of nitrogens with one attached hydrogen (secondary N) is 1. The van der Waals surface area contributed by atoms with Crippen molar-refractivity contribution in [3.63, 3.8) is 0 Å². The third-order valence-corrected chi connectivity index (χ3v) is 4.78. The number of hydrogen-bond acceptors (Lipinski definition) is 5.